The van der Waals surface area contributed by atoms with Gasteiger partial charge in [0.1, 0.15) is 11.8 Å². The summed E-state index contributed by atoms with van der Waals surface area (Å²) in [6.07, 6.45) is 1.46. The van der Waals surface area contributed by atoms with E-state index in [9.17, 15) is 13.2 Å². The first-order valence-corrected chi connectivity index (χ1v) is 11.1. The molecule has 0 saturated heterocycles. The summed E-state index contributed by atoms with van der Waals surface area (Å²) < 4.78 is 32.7. The number of sulfone groups is 1. The van der Waals surface area contributed by atoms with Crippen LogP contribution in [0.3, 0.4) is 0 Å². The minimum atomic E-state index is -3.85. The summed E-state index contributed by atoms with van der Waals surface area (Å²) in [5, 5.41) is 7.70. The lowest BCUT2D eigenvalue weighted by Crippen LogP contribution is -2.25. The van der Waals surface area contributed by atoms with E-state index in [-0.39, 0.29) is 27.1 Å². The molecule has 0 aliphatic heterocycles. The van der Waals surface area contributed by atoms with Crippen LogP contribution in [-0.4, -0.2) is 31.2 Å². The van der Waals surface area contributed by atoms with Crippen LogP contribution in [0.15, 0.2) is 58.5 Å². The van der Waals surface area contributed by atoms with E-state index < -0.39 is 15.9 Å². The van der Waals surface area contributed by atoms with E-state index >= 15 is 0 Å². The number of carbonyl (C=O) groups is 1. The van der Waals surface area contributed by atoms with Gasteiger partial charge in [-0.05, 0) is 50.2 Å². The average molecular weight is 468 g/mol. The Balaban J connectivity index is 1.94. The van der Waals surface area contributed by atoms with Gasteiger partial charge in [-0.1, -0.05) is 23.2 Å². The zero-order valence-electron chi connectivity index (χ0n) is 16.4. The van der Waals surface area contributed by atoms with Gasteiger partial charge in [0.15, 0.2) is 0 Å². The van der Waals surface area contributed by atoms with Gasteiger partial charge in [0.25, 0.3) is 0 Å². The maximum atomic E-state index is 13.0. The monoisotopic (exact) mass is 467 g/mol. The molecule has 1 N–H and O–H groups in total. The molecule has 0 bridgehead atoms. The third-order valence-corrected chi connectivity index (χ3v) is 6.92. The molecular weight excluding hydrogens is 449 g/mol. The van der Waals surface area contributed by atoms with E-state index in [1.54, 1.807) is 13.8 Å². The number of hydrogen-bond acceptors (Lipinski definition) is 5. The molecule has 0 aliphatic carbocycles. The molecule has 3 aromatic rings. The molecule has 10 heteroatoms. The largest absolute Gasteiger partial charge is 0.497 e. The molecule has 1 atom stereocenters. The summed E-state index contributed by atoms with van der Waals surface area (Å²) in [7, 11) is -2.43. The van der Waals surface area contributed by atoms with Gasteiger partial charge >= 0.3 is 0 Å². The molecule has 2 aromatic carbocycles. The Labute approximate surface area is 184 Å². The smallest absolute Gasteiger partial charge is 0.248 e. The van der Waals surface area contributed by atoms with E-state index in [1.165, 1.54) is 60.5 Å². The van der Waals surface area contributed by atoms with Crippen molar-refractivity contribution in [3.8, 4) is 5.75 Å². The Morgan fingerprint density at radius 2 is 1.80 bits per heavy atom. The predicted octanol–water partition coefficient (Wildman–Crippen LogP) is 4.54. The van der Waals surface area contributed by atoms with Crippen molar-refractivity contribution in [2.45, 2.75) is 29.7 Å². The number of hydrogen-bond donors (Lipinski definition) is 1. The van der Waals surface area contributed by atoms with Crippen molar-refractivity contribution in [2.75, 3.05) is 12.4 Å². The summed E-state index contributed by atoms with van der Waals surface area (Å²) in [5.74, 6) is -0.104. The Bertz CT molecular complexity index is 1190. The van der Waals surface area contributed by atoms with Crippen molar-refractivity contribution in [3.63, 3.8) is 0 Å². The lowest BCUT2D eigenvalue weighted by Gasteiger charge is -2.16. The van der Waals surface area contributed by atoms with Crippen LogP contribution in [0.2, 0.25) is 10.0 Å². The third kappa shape index (κ3) is 4.45. The van der Waals surface area contributed by atoms with Crippen LogP contribution in [0.25, 0.3) is 0 Å². The van der Waals surface area contributed by atoms with E-state index in [1.807, 2.05) is 0 Å². The topological polar surface area (TPSA) is 90.3 Å². The van der Waals surface area contributed by atoms with Gasteiger partial charge in [-0.15, -0.1) is 0 Å². The number of amides is 1. The Morgan fingerprint density at radius 1 is 1.13 bits per heavy atom. The highest BCUT2D eigenvalue weighted by Gasteiger charge is 2.22. The number of methoxy groups -OCH3 is 1. The molecule has 1 heterocycles. The van der Waals surface area contributed by atoms with E-state index in [4.69, 9.17) is 27.9 Å². The van der Waals surface area contributed by atoms with Crippen LogP contribution in [0.5, 0.6) is 5.75 Å². The standard InChI is InChI=1S/C20H19Cl2N3O4S/c1-12-19(22)11-23-25(12)13(2)20(26)24-15-8-16(29-3)10-18(9-15)30(27,28)17-6-4-14(21)5-7-17/h4-11,13H,1-3H3,(H,24,26). The van der Waals surface area contributed by atoms with Gasteiger partial charge in [-0.2, -0.15) is 5.10 Å². The molecular formula is C20H19Cl2N3O4S. The quantitative estimate of drug-likeness (QED) is 0.574. The zero-order chi connectivity index (χ0) is 22.1. The minimum Gasteiger partial charge on any atom is -0.497 e. The fourth-order valence-electron chi connectivity index (χ4n) is 2.82. The van der Waals surface area contributed by atoms with Gasteiger partial charge in [0.05, 0.1) is 33.8 Å². The Kier molecular flexibility index (Phi) is 6.40. The second-order valence-electron chi connectivity index (χ2n) is 6.54. The predicted molar refractivity (Wildman–Crippen MR) is 115 cm³/mol. The van der Waals surface area contributed by atoms with Crippen molar-refractivity contribution in [1.82, 2.24) is 9.78 Å². The first kappa shape index (κ1) is 22.1. The first-order chi connectivity index (χ1) is 14.1. The van der Waals surface area contributed by atoms with Crippen LogP contribution in [0.1, 0.15) is 18.7 Å². The van der Waals surface area contributed by atoms with Crippen molar-refractivity contribution in [1.29, 1.82) is 0 Å². The third-order valence-electron chi connectivity index (χ3n) is 4.55. The van der Waals surface area contributed by atoms with Crippen molar-refractivity contribution >= 4 is 44.6 Å². The van der Waals surface area contributed by atoms with E-state index in [2.05, 4.69) is 10.4 Å². The molecule has 7 nitrogen and oxygen atoms in total. The minimum absolute atomic E-state index is 0.0227. The highest BCUT2D eigenvalue weighted by Crippen LogP contribution is 2.29. The van der Waals surface area contributed by atoms with Gasteiger partial charge in [0.2, 0.25) is 15.7 Å². The number of nitrogens with zero attached hydrogens (tertiary/aromatic N) is 2. The highest BCUT2D eigenvalue weighted by molar-refractivity contribution is 7.91. The van der Waals surface area contributed by atoms with Gasteiger partial charge in [0, 0.05) is 16.8 Å². The maximum Gasteiger partial charge on any atom is 0.248 e. The molecule has 1 aromatic heterocycles. The molecule has 1 unspecified atom stereocenters. The number of benzene rings is 2. The van der Waals surface area contributed by atoms with Crippen molar-refractivity contribution < 1.29 is 17.9 Å². The van der Waals surface area contributed by atoms with Crippen molar-refractivity contribution in [3.05, 3.63) is 64.4 Å². The van der Waals surface area contributed by atoms with E-state index in [0.717, 1.165) is 0 Å². The lowest BCUT2D eigenvalue weighted by molar-refractivity contribution is -0.119. The fraction of sp³-hybridized carbons (Fsp3) is 0.200. The number of anilines is 1. The zero-order valence-corrected chi connectivity index (χ0v) is 18.7. The normalized spacial score (nSPS) is 12.4. The molecule has 158 valence electrons. The molecule has 0 spiro atoms. The van der Waals surface area contributed by atoms with Gasteiger partial charge in [-0.25, -0.2) is 8.42 Å². The Hall–Kier alpha value is -2.55. The molecule has 3 rings (SSSR count). The number of nitrogens with one attached hydrogen (secondary N) is 1. The summed E-state index contributed by atoms with van der Waals surface area (Å²) in [5.41, 5.74) is 0.922. The van der Waals surface area contributed by atoms with Crippen molar-refractivity contribution in [2.24, 2.45) is 0 Å². The fourth-order valence-corrected chi connectivity index (χ4v) is 4.39. The van der Waals surface area contributed by atoms with Crippen LogP contribution >= 0.6 is 23.2 Å². The number of aromatic nitrogens is 2. The van der Waals surface area contributed by atoms with Crippen LogP contribution < -0.4 is 10.1 Å². The molecule has 0 fully saturated rings. The molecule has 0 radical (unpaired) electrons. The number of rotatable bonds is 6. The summed E-state index contributed by atoms with van der Waals surface area (Å²) in [6, 6.07) is 9.46. The van der Waals surface area contributed by atoms with Crippen LogP contribution in [-0.2, 0) is 14.6 Å². The van der Waals surface area contributed by atoms with Crippen LogP contribution in [0, 0.1) is 6.92 Å². The molecule has 1 amide bonds. The van der Waals surface area contributed by atoms with Crippen LogP contribution in [0.4, 0.5) is 5.69 Å². The molecule has 0 saturated carbocycles. The SMILES string of the molecule is COc1cc(NC(=O)C(C)n2ncc(Cl)c2C)cc(S(=O)(=O)c2ccc(Cl)cc2)c1. The highest BCUT2D eigenvalue weighted by atomic mass is 35.5. The number of halogens is 2. The number of ether oxygens (including phenoxy) is 1. The second-order valence-corrected chi connectivity index (χ2v) is 9.34. The van der Waals surface area contributed by atoms with Gasteiger partial charge in [-0.3, -0.25) is 9.48 Å². The maximum absolute atomic E-state index is 13.0. The summed E-state index contributed by atoms with van der Waals surface area (Å²) >= 11 is 11.9. The first-order valence-electron chi connectivity index (χ1n) is 8.83. The van der Waals surface area contributed by atoms with E-state index in [0.29, 0.717) is 15.7 Å². The number of carbonyl (C=O) groups excluding carboxylic acids is 1. The van der Waals surface area contributed by atoms with Gasteiger partial charge < -0.3 is 10.1 Å². The average Bonchev–Trinajstić information content (AvgIpc) is 3.05. The lowest BCUT2D eigenvalue weighted by atomic mass is 10.2. The second kappa shape index (κ2) is 8.67. The summed E-state index contributed by atoms with van der Waals surface area (Å²) in [6.45, 7) is 3.42. The Morgan fingerprint density at radius 3 is 2.37 bits per heavy atom. The molecule has 0 aliphatic rings. The summed E-state index contributed by atoms with van der Waals surface area (Å²) in [4.78, 5) is 12.8. The molecule has 30 heavy (non-hydrogen) atoms.